The Labute approximate surface area is 113 Å². The van der Waals surface area contributed by atoms with Crippen molar-refractivity contribution in [2.75, 3.05) is 11.5 Å². The number of aromatic amines is 2. The molecule has 0 bridgehead atoms. The number of nitrogens with two attached hydrogens (primary N) is 2. The third-order valence-electron chi connectivity index (χ3n) is 1.58. The predicted molar refractivity (Wildman–Crippen MR) is 71.2 cm³/mol. The van der Waals surface area contributed by atoms with Crippen molar-refractivity contribution in [3.63, 3.8) is 0 Å². The first-order valence-corrected chi connectivity index (χ1v) is 5.49. The molecule has 0 aliphatic rings. The van der Waals surface area contributed by atoms with Crippen LogP contribution in [0.1, 0.15) is 0 Å². The summed E-state index contributed by atoms with van der Waals surface area (Å²) in [6.45, 7) is 0. The van der Waals surface area contributed by atoms with Crippen LogP contribution in [0.25, 0.3) is 0 Å². The standard InChI is InChI=1S/C4H4FN3O.C4H4IN3O/c2*5-2-1-7-4(9)8-3(2)6/h2*1H,(H3,6,7,8,9). The summed E-state index contributed by atoms with van der Waals surface area (Å²) in [5.41, 5.74) is 9.14. The smallest absolute Gasteiger partial charge is 0.347 e. The van der Waals surface area contributed by atoms with Gasteiger partial charge in [-0.05, 0) is 22.6 Å². The third kappa shape index (κ3) is 4.12. The molecule has 2 aromatic rings. The van der Waals surface area contributed by atoms with Gasteiger partial charge in [-0.25, -0.2) is 14.0 Å². The van der Waals surface area contributed by atoms with Crippen molar-refractivity contribution in [3.8, 4) is 0 Å². The number of aromatic nitrogens is 4. The molecule has 0 unspecified atom stereocenters. The fourth-order valence-electron chi connectivity index (χ4n) is 0.788. The maximum absolute atomic E-state index is 12.1. The molecule has 0 amide bonds. The molecule has 0 fully saturated rings. The van der Waals surface area contributed by atoms with Crippen LogP contribution in [-0.4, -0.2) is 19.9 Å². The van der Waals surface area contributed by atoms with Crippen LogP contribution < -0.4 is 22.8 Å². The maximum atomic E-state index is 12.1. The van der Waals surface area contributed by atoms with Gasteiger partial charge in [0.2, 0.25) is 0 Å². The van der Waals surface area contributed by atoms with E-state index in [2.05, 4.69) is 15.0 Å². The molecule has 0 aliphatic carbocycles. The number of hydrogen-bond donors (Lipinski definition) is 4. The Balaban J connectivity index is 0.000000180. The summed E-state index contributed by atoms with van der Waals surface area (Å²) in [6, 6.07) is 0. The van der Waals surface area contributed by atoms with Crippen LogP contribution in [0.5, 0.6) is 0 Å². The fourth-order valence-corrected chi connectivity index (χ4v) is 1.06. The van der Waals surface area contributed by atoms with Gasteiger partial charge in [0.15, 0.2) is 11.6 Å². The SMILES string of the molecule is Nc1nc(=O)[nH]cc1F.Nc1nc(=O)[nH]cc1I. The quantitative estimate of drug-likeness (QED) is 0.461. The van der Waals surface area contributed by atoms with Crippen molar-refractivity contribution >= 4 is 34.2 Å². The maximum Gasteiger partial charge on any atom is 0.347 e. The topological polar surface area (TPSA) is 144 Å². The number of nitrogens with one attached hydrogen (secondary N) is 2. The second-order valence-corrected chi connectivity index (χ2v) is 4.04. The van der Waals surface area contributed by atoms with E-state index in [0.717, 1.165) is 9.77 Å². The van der Waals surface area contributed by atoms with Gasteiger partial charge in [-0.1, -0.05) is 0 Å². The molecule has 2 rings (SSSR count). The van der Waals surface area contributed by atoms with Gasteiger partial charge >= 0.3 is 11.4 Å². The van der Waals surface area contributed by atoms with E-state index in [9.17, 15) is 14.0 Å². The number of hydrogen-bond acceptors (Lipinski definition) is 6. The van der Waals surface area contributed by atoms with Crippen LogP contribution in [0.15, 0.2) is 22.0 Å². The predicted octanol–water partition coefficient (Wildman–Crippen LogP) is -0.552. The Kier molecular flexibility index (Phi) is 4.76. The molecule has 0 spiro atoms. The number of anilines is 2. The normalized spacial score (nSPS) is 9.44. The Bertz CT molecular complexity index is 597. The highest BCUT2D eigenvalue weighted by Crippen LogP contribution is 2.05. The molecule has 0 saturated carbocycles. The Morgan fingerprint density at radius 3 is 1.94 bits per heavy atom. The zero-order valence-corrected chi connectivity index (χ0v) is 10.9. The summed E-state index contributed by atoms with van der Waals surface area (Å²) in [6.07, 6.45) is 2.38. The van der Waals surface area contributed by atoms with E-state index in [0.29, 0.717) is 0 Å². The molecule has 0 radical (unpaired) electrons. The summed E-state index contributed by atoms with van der Waals surface area (Å²) in [7, 11) is 0. The first-order chi connectivity index (χ1) is 8.40. The Morgan fingerprint density at radius 2 is 1.56 bits per heavy atom. The van der Waals surface area contributed by atoms with Crippen molar-refractivity contribution in [3.05, 3.63) is 42.7 Å². The molecule has 0 aromatic carbocycles. The summed E-state index contributed by atoms with van der Waals surface area (Å²) >= 11 is 1.98. The first kappa shape index (κ1) is 14.1. The number of nitrogen functional groups attached to an aromatic ring is 2. The van der Waals surface area contributed by atoms with Gasteiger partial charge in [0.05, 0.1) is 3.57 Å². The first-order valence-electron chi connectivity index (χ1n) is 4.41. The van der Waals surface area contributed by atoms with Gasteiger partial charge < -0.3 is 21.4 Å². The minimum atomic E-state index is -0.713. The molecule has 18 heavy (non-hydrogen) atoms. The highest BCUT2D eigenvalue weighted by Gasteiger charge is 1.96. The zero-order chi connectivity index (χ0) is 13.7. The number of nitrogens with zero attached hydrogens (tertiary/aromatic N) is 2. The van der Waals surface area contributed by atoms with Crippen LogP contribution in [0.4, 0.5) is 16.0 Å². The highest BCUT2D eigenvalue weighted by atomic mass is 127. The van der Waals surface area contributed by atoms with E-state index in [1.165, 1.54) is 6.20 Å². The number of halogens is 2. The summed E-state index contributed by atoms with van der Waals surface area (Å²) in [4.78, 5) is 31.5. The molecule has 2 heterocycles. The lowest BCUT2D eigenvalue weighted by Gasteiger charge is -1.90. The van der Waals surface area contributed by atoms with Gasteiger partial charge in [0.1, 0.15) is 5.82 Å². The van der Waals surface area contributed by atoms with Gasteiger partial charge in [-0.2, -0.15) is 9.97 Å². The van der Waals surface area contributed by atoms with Crippen LogP contribution in [0, 0.1) is 9.39 Å². The second kappa shape index (κ2) is 6.09. The molecule has 8 nitrogen and oxygen atoms in total. The zero-order valence-electron chi connectivity index (χ0n) is 8.78. The van der Waals surface area contributed by atoms with Gasteiger partial charge in [0, 0.05) is 12.4 Å². The lowest BCUT2D eigenvalue weighted by molar-refractivity contribution is 0.617. The van der Waals surface area contributed by atoms with Crippen LogP contribution in [0.2, 0.25) is 0 Å². The van der Waals surface area contributed by atoms with Crippen molar-refractivity contribution in [1.29, 1.82) is 0 Å². The molecular weight excluding hydrogens is 358 g/mol. The molecule has 0 aliphatic heterocycles. The van der Waals surface area contributed by atoms with Gasteiger partial charge in [-0.15, -0.1) is 0 Å². The summed E-state index contributed by atoms with van der Waals surface area (Å²) < 4.78 is 12.9. The monoisotopic (exact) mass is 366 g/mol. The third-order valence-corrected chi connectivity index (χ3v) is 2.44. The van der Waals surface area contributed by atoms with Crippen molar-refractivity contribution in [2.24, 2.45) is 0 Å². The molecule has 10 heteroatoms. The lowest BCUT2D eigenvalue weighted by Crippen LogP contribution is -2.12. The Morgan fingerprint density at radius 1 is 1.06 bits per heavy atom. The van der Waals surface area contributed by atoms with Gasteiger partial charge in [-0.3, -0.25) is 0 Å². The number of rotatable bonds is 0. The van der Waals surface area contributed by atoms with E-state index in [1.54, 1.807) is 0 Å². The minimum absolute atomic E-state index is 0.277. The van der Waals surface area contributed by atoms with E-state index in [-0.39, 0.29) is 11.6 Å². The molecule has 0 saturated heterocycles. The molecule has 96 valence electrons. The fraction of sp³-hybridized carbons (Fsp3) is 0. The minimum Gasteiger partial charge on any atom is -0.383 e. The van der Waals surface area contributed by atoms with E-state index in [1.807, 2.05) is 27.6 Å². The molecular formula is C8H8FIN6O2. The van der Waals surface area contributed by atoms with Crippen LogP contribution >= 0.6 is 22.6 Å². The lowest BCUT2D eigenvalue weighted by atomic mass is 10.6. The average Bonchev–Trinajstić information content (AvgIpc) is 2.30. The molecule has 0 atom stereocenters. The van der Waals surface area contributed by atoms with Crippen LogP contribution in [-0.2, 0) is 0 Å². The van der Waals surface area contributed by atoms with Crippen molar-refractivity contribution in [1.82, 2.24) is 19.9 Å². The molecule has 6 N–H and O–H groups in total. The Hall–Kier alpha value is -1.98. The van der Waals surface area contributed by atoms with E-state index >= 15 is 0 Å². The summed E-state index contributed by atoms with van der Waals surface area (Å²) in [5, 5.41) is 0. The van der Waals surface area contributed by atoms with E-state index < -0.39 is 17.2 Å². The number of H-pyrrole nitrogens is 2. The van der Waals surface area contributed by atoms with Crippen molar-refractivity contribution < 1.29 is 4.39 Å². The molecule has 2 aromatic heterocycles. The van der Waals surface area contributed by atoms with Gasteiger partial charge in [0.25, 0.3) is 0 Å². The van der Waals surface area contributed by atoms with Crippen molar-refractivity contribution in [2.45, 2.75) is 0 Å². The largest absolute Gasteiger partial charge is 0.383 e. The summed E-state index contributed by atoms with van der Waals surface area (Å²) in [5.74, 6) is -0.812. The second-order valence-electron chi connectivity index (χ2n) is 2.88. The van der Waals surface area contributed by atoms with E-state index in [4.69, 9.17) is 11.5 Å². The average molecular weight is 366 g/mol. The van der Waals surface area contributed by atoms with Crippen LogP contribution in [0.3, 0.4) is 0 Å². The highest BCUT2D eigenvalue weighted by molar-refractivity contribution is 14.1.